The highest BCUT2D eigenvalue weighted by Gasteiger charge is 2.18. The molecule has 3 rings (SSSR count). The van der Waals surface area contributed by atoms with Crippen LogP contribution in [0.5, 0.6) is 5.75 Å². The first-order valence-electron chi connectivity index (χ1n) is 6.62. The first kappa shape index (κ1) is 14.9. The van der Waals surface area contributed by atoms with Crippen molar-refractivity contribution in [3.8, 4) is 17.1 Å². The average molecular weight is 333 g/mol. The quantitative estimate of drug-likeness (QED) is 0.622. The van der Waals surface area contributed by atoms with Crippen molar-refractivity contribution in [1.29, 1.82) is 0 Å². The predicted molar refractivity (Wildman–Crippen MR) is 91.1 cm³/mol. The van der Waals surface area contributed by atoms with E-state index in [1.807, 2.05) is 23.8 Å². The van der Waals surface area contributed by atoms with Gasteiger partial charge in [-0.15, -0.1) is 0 Å². The number of fused-ring (bicyclic) bond motifs is 1. The van der Waals surface area contributed by atoms with E-state index in [0.717, 1.165) is 11.1 Å². The van der Waals surface area contributed by atoms with Gasteiger partial charge in [0.2, 0.25) is 11.2 Å². The second-order valence-electron chi connectivity index (χ2n) is 4.99. The number of rotatable bonds is 4. The van der Waals surface area contributed by atoms with Gasteiger partial charge < -0.3 is 9.15 Å². The van der Waals surface area contributed by atoms with E-state index in [2.05, 4.69) is 6.58 Å². The van der Waals surface area contributed by atoms with Crippen LogP contribution in [-0.4, -0.2) is 6.61 Å². The fourth-order valence-corrected chi connectivity index (χ4v) is 2.87. The third-order valence-electron chi connectivity index (χ3n) is 3.06. The average Bonchev–Trinajstić information content (AvgIpc) is 3.00. The SMILES string of the molecule is C=C(C)COc1c(-c2ccsc2)oc2ccc(Cl)cc2c1=O. The highest BCUT2D eigenvalue weighted by atomic mass is 35.5. The van der Waals surface area contributed by atoms with E-state index in [1.54, 1.807) is 18.2 Å². The van der Waals surface area contributed by atoms with Gasteiger partial charge in [0.1, 0.15) is 12.2 Å². The monoisotopic (exact) mass is 332 g/mol. The van der Waals surface area contributed by atoms with Gasteiger partial charge in [-0.3, -0.25) is 4.79 Å². The largest absolute Gasteiger partial charge is 0.482 e. The van der Waals surface area contributed by atoms with E-state index in [-0.39, 0.29) is 17.8 Å². The van der Waals surface area contributed by atoms with E-state index in [4.69, 9.17) is 20.8 Å². The summed E-state index contributed by atoms with van der Waals surface area (Å²) in [5.74, 6) is 0.624. The Morgan fingerprint density at radius 2 is 2.23 bits per heavy atom. The molecule has 3 nitrogen and oxygen atoms in total. The summed E-state index contributed by atoms with van der Waals surface area (Å²) in [6.07, 6.45) is 0. The Balaban J connectivity index is 2.27. The minimum atomic E-state index is -0.230. The van der Waals surface area contributed by atoms with Crippen LogP contribution < -0.4 is 10.2 Å². The van der Waals surface area contributed by atoms with Gasteiger partial charge in [0.05, 0.1) is 5.39 Å². The Kier molecular flexibility index (Phi) is 4.05. The van der Waals surface area contributed by atoms with Crippen molar-refractivity contribution in [2.75, 3.05) is 6.61 Å². The molecular formula is C17H13ClO3S. The van der Waals surface area contributed by atoms with Gasteiger partial charge in [-0.1, -0.05) is 18.2 Å². The molecule has 2 aromatic heterocycles. The molecule has 1 aromatic carbocycles. The molecule has 0 aliphatic carbocycles. The summed E-state index contributed by atoms with van der Waals surface area (Å²) in [6, 6.07) is 6.86. The van der Waals surface area contributed by atoms with Crippen LogP contribution in [0.1, 0.15) is 6.92 Å². The van der Waals surface area contributed by atoms with Gasteiger partial charge in [-0.05, 0) is 42.1 Å². The highest BCUT2D eigenvalue weighted by Crippen LogP contribution is 2.33. The second kappa shape index (κ2) is 5.99. The molecule has 0 aliphatic rings. The van der Waals surface area contributed by atoms with Crippen LogP contribution in [0.25, 0.3) is 22.3 Å². The lowest BCUT2D eigenvalue weighted by atomic mass is 10.1. The van der Waals surface area contributed by atoms with Crippen LogP contribution in [-0.2, 0) is 0 Å². The van der Waals surface area contributed by atoms with Crippen molar-refractivity contribution >= 4 is 33.9 Å². The Bertz CT molecular complexity index is 894. The summed E-state index contributed by atoms with van der Waals surface area (Å²) >= 11 is 7.50. The minimum absolute atomic E-state index is 0.191. The summed E-state index contributed by atoms with van der Waals surface area (Å²) < 4.78 is 11.6. The van der Waals surface area contributed by atoms with Crippen molar-refractivity contribution in [3.63, 3.8) is 0 Å². The van der Waals surface area contributed by atoms with Crippen LogP contribution in [0.3, 0.4) is 0 Å². The van der Waals surface area contributed by atoms with E-state index < -0.39 is 0 Å². The molecule has 3 aromatic rings. The number of benzene rings is 1. The van der Waals surface area contributed by atoms with Gasteiger partial charge in [0, 0.05) is 16.0 Å². The van der Waals surface area contributed by atoms with Gasteiger partial charge in [0.15, 0.2) is 5.76 Å². The lowest BCUT2D eigenvalue weighted by Crippen LogP contribution is -2.11. The zero-order chi connectivity index (χ0) is 15.7. The fourth-order valence-electron chi connectivity index (χ4n) is 2.06. The van der Waals surface area contributed by atoms with Crippen LogP contribution >= 0.6 is 22.9 Å². The minimum Gasteiger partial charge on any atom is -0.482 e. The molecule has 0 N–H and O–H groups in total. The van der Waals surface area contributed by atoms with Gasteiger partial charge in [0.25, 0.3) is 0 Å². The van der Waals surface area contributed by atoms with Crippen molar-refractivity contribution in [1.82, 2.24) is 0 Å². The maximum Gasteiger partial charge on any atom is 0.235 e. The summed E-state index contributed by atoms with van der Waals surface area (Å²) in [4.78, 5) is 12.7. The molecular weight excluding hydrogens is 320 g/mol. The van der Waals surface area contributed by atoms with E-state index in [1.165, 1.54) is 11.3 Å². The Labute approximate surface area is 136 Å². The summed E-state index contributed by atoms with van der Waals surface area (Å²) in [5, 5.41) is 4.72. The molecule has 0 saturated heterocycles. The Morgan fingerprint density at radius 3 is 2.91 bits per heavy atom. The lowest BCUT2D eigenvalue weighted by Gasteiger charge is -2.10. The van der Waals surface area contributed by atoms with Crippen LogP contribution in [0.4, 0.5) is 0 Å². The van der Waals surface area contributed by atoms with E-state index >= 15 is 0 Å². The van der Waals surface area contributed by atoms with Gasteiger partial charge in [-0.25, -0.2) is 0 Å². The van der Waals surface area contributed by atoms with Crippen LogP contribution in [0.2, 0.25) is 5.02 Å². The van der Waals surface area contributed by atoms with Gasteiger partial charge >= 0.3 is 0 Å². The van der Waals surface area contributed by atoms with Crippen molar-refractivity contribution in [2.45, 2.75) is 6.92 Å². The molecule has 0 bridgehead atoms. The fraction of sp³-hybridized carbons (Fsp3) is 0.118. The second-order valence-corrected chi connectivity index (χ2v) is 6.20. The zero-order valence-corrected chi connectivity index (χ0v) is 13.5. The van der Waals surface area contributed by atoms with E-state index in [9.17, 15) is 4.79 Å². The molecule has 0 radical (unpaired) electrons. The Morgan fingerprint density at radius 1 is 1.41 bits per heavy atom. The number of ether oxygens (including phenoxy) is 1. The number of hydrogen-bond donors (Lipinski definition) is 0. The summed E-state index contributed by atoms with van der Waals surface area (Å²) in [5.41, 5.74) is 1.89. The first-order valence-corrected chi connectivity index (χ1v) is 7.94. The van der Waals surface area contributed by atoms with Crippen molar-refractivity contribution < 1.29 is 9.15 Å². The first-order chi connectivity index (χ1) is 10.6. The maximum atomic E-state index is 12.7. The summed E-state index contributed by atoms with van der Waals surface area (Å²) in [7, 11) is 0. The van der Waals surface area contributed by atoms with Crippen LogP contribution in [0, 0.1) is 0 Å². The molecule has 0 saturated carbocycles. The third kappa shape index (κ3) is 2.80. The van der Waals surface area contributed by atoms with Crippen molar-refractivity contribution in [2.24, 2.45) is 0 Å². The smallest absolute Gasteiger partial charge is 0.235 e. The molecule has 0 aliphatic heterocycles. The molecule has 0 amide bonds. The van der Waals surface area contributed by atoms with Crippen molar-refractivity contribution in [3.05, 3.63) is 62.4 Å². The molecule has 0 atom stereocenters. The molecule has 2 heterocycles. The number of halogens is 1. The number of hydrogen-bond acceptors (Lipinski definition) is 4. The summed E-state index contributed by atoms with van der Waals surface area (Å²) in [6.45, 7) is 5.89. The number of thiophene rings is 1. The lowest BCUT2D eigenvalue weighted by molar-refractivity contribution is 0.342. The highest BCUT2D eigenvalue weighted by molar-refractivity contribution is 7.08. The molecule has 0 fully saturated rings. The topological polar surface area (TPSA) is 39.4 Å². The molecule has 112 valence electrons. The molecule has 0 unspecified atom stereocenters. The van der Waals surface area contributed by atoms with Gasteiger partial charge in [-0.2, -0.15) is 11.3 Å². The van der Waals surface area contributed by atoms with E-state index in [0.29, 0.717) is 21.8 Å². The normalized spacial score (nSPS) is 10.8. The third-order valence-corrected chi connectivity index (χ3v) is 3.98. The molecule has 0 spiro atoms. The Hall–Kier alpha value is -2.04. The molecule has 5 heteroatoms. The van der Waals surface area contributed by atoms with Crippen LogP contribution in [0.15, 0.2) is 56.4 Å². The standard InChI is InChI=1S/C17H13ClO3S/c1-10(2)8-20-17-15(19)13-7-12(18)3-4-14(13)21-16(17)11-5-6-22-9-11/h3-7,9H,1,8H2,2H3. The zero-order valence-electron chi connectivity index (χ0n) is 11.9. The maximum absolute atomic E-state index is 12.7. The predicted octanol–water partition coefficient (Wildman–Crippen LogP) is 5.13. The molecule has 22 heavy (non-hydrogen) atoms.